The van der Waals surface area contributed by atoms with E-state index < -0.39 is 17.7 Å². The molecule has 0 bridgehead atoms. The summed E-state index contributed by atoms with van der Waals surface area (Å²) >= 11 is 0. The maximum atomic E-state index is 11.4. The molecule has 1 aromatic heterocycles. The highest BCUT2D eigenvalue weighted by Crippen LogP contribution is 2.06. The average molecular weight is 280 g/mol. The van der Waals surface area contributed by atoms with Gasteiger partial charge >= 0.3 is 12.1 Å². The summed E-state index contributed by atoms with van der Waals surface area (Å²) in [5.74, 6) is -0.480. The molecule has 0 aliphatic carbocycles. The summed E-state index contributed by atoms with van der Waals surface area (Å²) in [7, 11) is 1.31. The number of alkyl carbamates (subject to hydrolysis) is 1. The molecule has 110 valence electrons. The number of amides is 1. The molecule has 0 atom stereocenters. The van der Waals surface area contributed by atoms with Crippen molar-refractivity contribution in [3.63, 3.8) is 0 Å². The van der Waals surface area contributed by atoms with Gasteiger partial charge in [-0.1, -0.05) is 6.07 Å². The molecule has 0 unspecified atom stereocenters. The van der Waals surface area contributed by atoms with Crippen molar-refractivity contribution in [1.29, 1.82) is 0 Å². The molecule has 6 heteroatoms. The van der Waals surface area contributed by atoms with Crippen LogP contribution in [-0.4, -0.2) is 36.3 Å². The number of nitrogens with zero attached hydrogens (tertiary/aromatic N) is 1. The summed E-state index contributed by atoms with van der Waals surface area (Å²) in [5.41, 5.74) is 0.430. The number of ether oxygens (including phenoxy) is 2. The number of carbonyl (C=O) groups excluding carboxylic acids is 2. The molecule has 1 heterocycles. The Balaban J connectivity index is 2.46. The normalized spacial score (nSPS) is 10.8. The SMILES string of the molecule is COC(=O)c1cccc(CCNC(=O)OC(C)(C)C)n1. The first-order valence-electron chi connectivity index (χ1n) is 6.33. The molecule has 0 saturated heterocycles. The van der Waals surface area contributed by atoms with Crippen LogP contribution in [0.4, 0.5) is 4.79 Å². The van der Waals surface area contributed by atoms with Gasteiger partial charge in [0.1, 0.15) is 11.3 Å². The Bertz CT molecular complexity index is 480. The Kier molecular flexibility index (Phi) is 5.49. The number of nitrogens with one attached hydrogen (secondary N) is 1. The van der Waals surface area contributed by atoms with E-state index in [-0.39, 0.29) is 5.69 Å². The fraction of sp³-hybridized carbons (Fsp3) is 0.500. The monoisotopic (exact) mass is 280 g/mol. The van der Waals surface area contributed by atoms with Gasteiger partial charge in [0.15, 0.2) is 0 Å². The van der Waals surface area contributed by atoms with Crippen molar-refractivity contribution in [2.45, 2.75) is 32.8 Å². The van der Waals surface area contributed by atoms with Crippen LogP contribution in [0.1, 0.15) is 37.0 Å². The standard InChI is InChI=1S/C14H20N2O4/c1-14(2,3)20-13(18)15-9-8-10-6-5-7-11(16-10)12(17)19-4/h5-7H,8-9H2,1-4H3,(H,15,18). The number of methoxy groups -OCH3 is 1. The molecule has 1 amide bonds. The summed E-state index contributed by atoms with van der Waals surface area (Å²) in [6, 6.07) is 5.09. The van der Waals surface area contributed by atoms with Gasteiger partial charge in [-0.15, -0.1) is 0 Å². The molecule has 1 N–H and O–H groups in total. The fourth-order valence-corrected chi connectivity index (χ4v) is 1.44. The second-order valence-corrected chi connectivity index (χ2v) is 5.18. The molecule has 0 aromatic carbocycles. The maximum Gasteiger partial charge on any atom is 0.407 e. The van der Waals surface area contributed by atoms with E-state index in [1.54, 1.807) is 39.0 Å². The van der Waals surface area contributed by atoms with Gasteiger partial charge in [-0.3, -0.25) is 0 Å². The predicted octanol–water partition coefficient (Wildman–Crippen LogP) is 1.94. The smallest absolute Gasteiger partial charge is 0.407 e. The van der Waals surface area contributed by atoms with Crippen LogP contribution in [0.5, 0.6) is 0 Å². The minimum absolute atomic E-state index is 0.252. The van der Waals surface area contributed by atoms with Gasteiger partial charge in [-0.25, -0.2) is 14.6 Å². The Labute approximate surface area is 118 Å². The van der Waals surface area contributed by atoms with Crippen LogP contribution in [0.15, 0.2) is 18.2 Å². The topological polar surface area (TPSA) is 77.5 Å². The first-order chi connectivity index (χ1) is 9.31. The summed E-state index contributed by atoms with van der Waals surface area (Å²) in [6.45, 7) is 5.78. The van der Waals surface area contributed by atoms with Crippen LogP contribution in [0, 0.1) is 0 Å². The average Bonchev–Trinajstić information content (AvgIpc) is 2.36. The van der Waals surface area contributed by atoms with Crippen molar-refractivity contribution < 1.29 is 19.1 Å². The fourth-order valence-electron chi connectivity index (χ4n) is 1.44. The van der Waals surface area contributed by atoms with Crippen molar-refractivity contribution >= 4 is 12.1 Å². The number of esters is 1. The van der Waals surface area contributed by atoms with Crippen molar-refractivity contribution in [3.05, 3.63) is 29.6 Å². The zero-order valence-corrected chi connectivity index (χ0v) is 12.2. The third kappa shape index (κ3) is 5.69. The van der Waals surface area contributed by atoms with Crippen molar-refractivity contribution in [2.75, 3.05) is 13.7 Å². The van der Waals surface area contributed by atoms with E-state index in [9.17, 15) is 9.59 Å². The quantitative estimate of drug-likeness (QED) is 0.853. The lowest BCUT2D eigenvalue weighted by Crippen LogP contribution is -2.33. The zero-order valence-electron chi connectivity index (χ0n) is 12.2. The highest BCUT2D eigenvalue weighted by molar-refractivity contribution is 5.87. The molecule has 0 aliphatic heterocycles. The first kappa shape index (κ1) is 15.9. The van der Waals surface area contributed by atoms with Gasteiger partial charge in [0.2, 0.25) is 0 Å². The zero-order chi connectivity index (χ0) is 15.2. The number of aromatic nitrogens is 1. The van der Waals surface area contributed by atoms with E-state index >= 15 is 0 Å². The molecule has 1 aromatic rings. The van der Waals surface area contributed by atoms with E-state index in [0.717, 1.165) is 0 Å². The molecule has 0 aliphatic rings. The van der Waals surface area contributed by atoms with Crippen LogP contribution in [0.3, 0.4) is 0 Å². The number of rotatable bonds is 4. The van der Waals surface area contributed by atoms with E-state index in [1.165, 1.54) is 7.11 Å². The molecule has 1 rings (SSSR count). The van der Waals surface area contributed by atoms with Gasteiger partial charge in [0.25, 0.3) is 0 Å². The molecular weight excluding hydrogens is 260 g/mol. The first-order valence-corrected chi connectivity index (χ1v) is 6.33. The Hall–Kier alpha value is -2.11. The lowest BCUT2D eigenvalue weighted by Gasteiger charge is -2.19. The summed E-state index contributed by atoms with van der Waals surface area (Å²) < 4.78 is 9.71. The molecule has 0 saturated carbocycles. The van der Waals surface area contributed by atoms with Gasteiger partial charge in [0.05, 0.1) is 7.11 Å². The van der Waals surface area contributed by atoms with E-state index in [0.29, 0.717) is 18.7 Å². The molecule has 0 spiro atoms. The molecule has 6 nitrogen and oxygen atoms in total. The number of hydrogen-bond acceptors (Lipinski definition) is 5. The summed E-state index contributed by atoms with van der Waals surface area (Å²) in [5, 5.41) is 2.63. The molecular formula is C14H20N2O4. The second-order valence-electron chi connectivity index (χ2n) is 5.18. The lowest BCUT2D eigenvalue weighted by atomic mass is 10.2. The molecule has 0 radical (unpaired) electrons. The minimum atomic E-state index is -0.521. The number of hydrogen-bond donors (Lipinski definition) is 1. The highest BCUT2D eigenvalue weighted by atomic mass is 16.6. The van der Waals surface area contributed by atoms with Crippen LogP contribution in [0.2, 0.25) is 0 Å². The summed E-state index contributed by atoms with van der Waals surface area (Å²) in [4.78, 5) is 26.9. The van der Waals surface area contributed by atoms with Crippen LogP contribution in [-0.2, 0) is 15.9 Å². The number of pyridine rings is 1. The van der Waals surface area contributed by atoms with Crippen LogP contribution in [0.25, 0.3) is 0 Å². The van der Waals surface area contributed by atoms with Gasteiger partial charge in [0, 0.05) is 18.7 Å². The largest absolute Gasteiger partial charge is 0.464 e. The van der Waals surface area contributed by atoms with Gasteiger partial charge in [-0.05, 0) is 32.9 Å². The Morgan fingerprint density at radius 2 is 2.00 bits per heavy atom. The third-order valence-electron chi connectivity index (χ3n) is 2.25. The van der Waals surface area contributed by atoms with Crippen molar-refractivity contribution in [2.24, 2.45) is 0 Å². The van der Waals surface area contributed by atoms with E-state index in [2.05, 4.69) is 15.0 Å². The van der Waals surface area contributed by atoms with E-state index in [1.807, 2.05) is 0 Å². The Morgan fingerprint density at radius 1 is 1.30 bits per heavy atom. The van der Waals surface area contributed by atoms with Crippen molar-refractivity contribution in [3.8, 4) is 0 Å². The lowest BCUT2D eigenvalue weighted by molar-refractivity contribution is 0.0526. The Morgan fingerprint density at radius 3 is 2.60 bits per heavy atom. The number of carbonyl (C=O) groups is 2. The summed E-state index contributed by atoms with van der Waals surface area (Å²) in [6.07, 6.45) is 0.0333. The third-order valence-corrected chi connectivity index (χ3v) is 2.25. The van der Waals surface area contributed by atoms with E-state index in [4.69, 9.17) is 4.74 Å². The molecule has 20 heavy (non-hydrogen) atoms. The van der Waals surface area contributed by atoms with Crippen LogP contribution < -0.4 is 5.32 Å². The van der Waals surface area contributed by atoms with Crippen molar-refractivity contribution in [1.82, 2.24) is 10.3 Å². The van der Waals surface area contributed by atoms with Crippen LogP contribution >= 0.6 is 0 Å². The van der Waals surface area contributed by atoms with Gasteiger partial charge < -0.3 is 14.8 Å². The minimum Gasteiger partial charge on any atom is -0.464 e. The predicted molar refractivity (Wildman–Crippen MR) is 73.5 cm³/mol. The van der Waals surface area contributed by atoms with Gasteiger partial charge in [-0.2, -0.15) is 0 Å². The second kappa shape index (κ2) is 6.88. The highest BCUT2D eigenvalue weighted by Gasteiger charge is 2.15. The maximum absolute atomic E-state index is 11.4. The molecule has 0 fully saturated rings.